The highest BCUT2D eigenvalue weighted by Gasteiger charge is 2.30. The minimum Gasteiger partial charge on any atom is -0.381 e. The van der Waals surface area contributed by atoms with E-state index < -0.39 is 5.60 Å². The second kappa shape index (κ2) is 4.44. The molecule has 19 heavy (non-hydrogen) atoms. The Hall–Kier alpha value is -1.71. The summed E-state index contributed by atoms with van der Waals surface area (Å²) in [4.78, 5) is 0. The summed E-state index contributed by atoms with van der Waals surface area (Å²) in [6.45, 7) is 1.64. The van der Waals surface area contributed by atoms with Crippen LogP contribution >= 0.6 is 11.3 Å². The zero-order valence-electron chi connectivity index (χ0n) is 10.4. The number of aliphatic hydroxyl groups is 1. The zero-order chi connectivity index (χ0) is 13.5. The number of fused-ring (bicyclic) bond motifs is 1. The molecule has 0 fully saturated rings. The summed E-state index contributed by atoms with van der Waals surface area (Å²) < 4.78 is 14.9. The molecule has 1 nitrogen and oxygen atoms in total. The maximum Gasteiger partial charge on any atom is 0.129 e. The fourth-order valence-corrected chi connectivity index (χ4v) is 3.39. The first-order valence-corrected chi connectivity index (χ1v) is 6.93. The Morgan fingerprint density at radius 3 is 2.53 bits per heavy atom. The van der Waals surface area contributed by atoms with Crippen molar-refractivity contribution >= 4 is 21.4 Å². The highest BCUT2D eigenvalue weighted by Crippen LogP contribution is 2.37. The molecule has 0 aliphatic rings. The third-order valence-corrected chi connectivity index (χ3v) is 4.37. The van der Waals surface area contributed by atoms with Crippen molar-refractivity contribution < 1.29 is 9.50 Å². The third kappa shape index (κ3) is 1.95. The van der Waals surface area contributed by atoms with Crippen LogP contribution in [0.4, 0.5) is 4.39 Å². The first-order chi connectivity index (χ1) is 9.10. The number of hydrogen-bond acceptors (Lipinski definition) is 2. The Labute approximate surface area is 115 Å². The molecule has 3 heteroatoms. The molecule has 1 unspecified atom stereocenters. The van der Waals surface area contributed by atoms with Crippen molar-refractivity contribution in [1.29, 1.82) is 0 Å². The molecule has 0 saturated carbocycles. The maximum absolute atomic E-state index is 13.9. The van der Waals surface area contributed by atoms with Crippen molar-refractivity contribution in [2.75, 3.05) is 0 Å². The molecule has 1 N–H and O–H groups in total. The summed E-state index contributed by atoms with van der Waals surface area (Å²) in [6.07, 6.45) is 0. The van der Waals surface area contributed by atoms with E-state index in [0.29, 0.717) is 5.56 Å². The highest BCUT2D eigenvalue weighted by atomic mass is 32.1. The van der Waals surface area contributed by atoms with Crippen LogP contribution in [0.5, 0.6) is 0 Å². The highest BCUT2D eigenvalue weighted by molar-refractivity contribution is 7.17. The Kier molecular flexibility index (Phi) is 2.88. The molecule has 0 spiro atoms. The van der Waals surface area contributed by atoms with Gasteiger partial charge in [-0.1, -0.05) is 36.4 Å². The van der Waals surface area contributed by atoms with Gasteiger partial charge in [0.15, 0.2) is 0 Å². The molecule has 1 aromatic heterocycles. The van der Waals surface area contributed by atoms with Gasteiger partial charge in [0.05, 0.1) is 0 Å². The van der Waals surface area contributed by atoms with Gasteiger partial charge >= 0.3 is 0 Å². The van der Waals surface area contributed by atoms with E-state index in [1.165, 1.54) is 6.07 Å². The number of hydrogen-bond donors (Lipinski definition) is 1. The number of halogens is 1. The monoisotopic (exact) mass is 272 g/mol. The fourth-order valence-electron chi connectivity index (χ4n) is 2.38. The van der Waals surface area contributed by atoms with Crippen LogP contribution in [0.2, 0.25) is 0 Å². The van der Waals surface area contributed by atoms with Crippen LogP contribution in [0.1, 0.15) is 18.1 Å². The molecule has 96 valence electrons. The normalized spacial score (nSPS) is 14.5. The van der Waals surface area contributed by atoms with Gasteiger partial charge in [-0.3, -0.25) is 0 Å². The second-order valence-corrected chi connectivity index (χ2v) is 5.61. The van der Waals surface area contributed by atoms with E-state index in [2.05, 4.69) is 0 Å². The van der Waals surface area contributed by atoms with Gasteiger partial charge in [-0.05, 0) is 29.8 Å². The summed E-state index contributed by atoms with van der Waals surface area (Å²) in [5.74, 6) is -0.388. The van der Waals surface area contributed by atoms with Crippen molar-refractivity contribution in [3.8, 4) is 0 Å². The van der Waals surface area contributed by atoms with Crippen LogP contribution in [-0.2, 0) is 5.60 Å². The molecule has 1 heterocycles. The quantitative estimate of drug-likeness (QED) is 0.737. The van der Waals surface area contributed by atoms with Crippen molar-refractivity contribution in [3.63, 3.8) is 0 Å². The Morgan fingerprint density at radius 1 is 1.00 bits per heavy atom. The van der Waals surface area contributed by atoms with E-state index in [0.717, 1.165) is 15.6 Å². The molecule has 1 atom stereocenters. The SMILES string of the molecule is CC(O)(c1ccccc1F)c1cccc2ccsc12. The van der Waals surface area contributed by atoms with E-state index in [-0.39, 0.29) is 5.82 Å². The lowest BCUT2D eigenvalue weighted by Gasteiger charge is -2.25. The number of rotatable bonds is 2. The van der Waals surface area contributed by atoms with Crippen molar-refractivity contribution in [2.45, 2.75) is 12.5 Å². The Balaban J connectivity index is 2.25. The molecule has 0 aliphatic heterocycles. The van der Waals surface area contributed by atoms with Crippen molar-refractivity contribution in [1.82, 2.24) is 0 Å². The molecule has 3 aromatic rings. The molecule has 0 saturated heterocycles. The number of thiophene rings is 1. The molecule has 3 rings (SSSR count). The third-order valence-electron chi connectivity index (χ3n) is 3.40. The van der Waals surface area contributed by atoms with Gasteiger partial charge in [-0.2, -0.15) is 0 Å². The summed E-state index contributed by atoms with van der Waals surface area (Å²) in [5, 5.41) is 13.9. The lowest BCUT2D eigenvalue weighted by Crippen LogP contribution is -2.24. The van der Waals surface area contributed by atoms with Gasteiger partial charge < -0.3 is 5.11 Å². The van der Waals surface area contributed by atoms with Gasteiger partial charge in [0.25, 0.3) is 0 Å². The molecule has 0 bridgehead atoms. The molecule has 0 amide bonds. The largest absolute Gasteiger partial charge is 0.381 e. The Morgan fingerprint density at radius 2 is 1.74 bits per heavy atom. The molecule has 0 aliphatic carbocycles. The van der Waals surface area contributed by atoms with Gasteiger partial charge in [-0.15, -0.1) is 11.3 Å². The van der Waals surface area contributed by atoms with Crippen molar-refractivity contribution in [3.05, 3.63) is 70.9 Å². The first kappa shape index (κ1) is 12.3. The zero-order valence-corrected chi connectivity index (χ0v) is 11.2. The summed E-state index contributed by atoms with van der Waals surface area (Å²) in [5.41, 5.74) is -0.295. The van der Waals surface area contributed by atoms with Crippen LogP contribution in [0.3, 0.4) is 0 Å². The lowest BCUT2D eigenvalue weighted by molar-refractivity contribution is 0.0997. The van der Waals surface area contributed by atoms with Crippen LogP contribution in [0.25, 0.3) is 10.1 Å². The topological polar surface area (TPSA) is 20.2 Å². The smallest absolute Gasteiger partial charge is 0.129 e. The summed E-state index contributed by atoms with van der Waals surface area (Å²) in [7, 11) is 0. The van der Waals surface area contributed by atoms with Gasteiger partial charge in [0.1, 0.15) is 11.4 Å². The van der Waals surface area contributed by atoms with Gasteiger partial charge in [0.2, 0.25) is 0 Å². The van der Waals surface area contributed by atoms with E-state index >= 15 is 0 Å². The predicted molar refractivity (Wildman–Crippen MR) is 76.9 cm³/mol. The standard InChI is InChI=1S/C16H13FOS/c1-16(18,12-6-2-3-8-14(12)17)13-7-4-5-11-9-10-19-15(11)13/h2-10,18H,1H3. The van der Waals surface area contributed by atoms with E-state index in [1.807, 2.05) is 29.6 Å². The fraction of sp³-hybridized carbons (Fsp3) is 0.125. The minimum atomic E-state index is -1.34. The van der Waals surface area contributed by atoms with E-state index in [9.17, 15) is 9.50 Å². The van der Waals surface area contributed by atoms with Gasteiger partial charge in [-0.25, -0.2) is 4.39 Å². The Bertz CT molecular complexity index is 730. The van der Waals surface area contributed by atoms with Gasteiger partial charge in [0, 0.05) is 15.8 Å². The first-order valence-electron chi connectivity index (χ1n) is 6.05. The molecular weight excluding hydrogens is 259 g/mol. The second-order valence-electron chi connectivity index (χ2n) is 4.70. The van der Waals surface area contributed by atoms with Crippen molar-refractivity contribution in [2.24, 2.45) is 0 Å². The van der Waals surface area contributed by atoms with Crippen LogP contribution in [-0.4, -0.2) is 5.11 Å². The predicted octanol–water partition coefficient (Wildman–Crippen LogP) is 4.30. The van der Waals surface area contributed by atoms with E-state index in [1.54, 1.807) is 36.5 Å². The molecule has 2 aromatic carbocycles. The summed E-state index contributed by atoms with van der Waals surface area (Å²) >= 11 is 1.56. The number of benzene rings is 2. The maximum atomic E-state index is 13.9. The van der Waals surface area contributed by atoms with Crippen LogP contribution in [0.15, 0.2) is 53.9 Å². The van der Waals surface area contributed by atoms with Crippen LogP contribution < -0.4 is 0 Å². The lowest BCUT2D eigenvalue weighted by atomic mass is 9.87. The average Bonchev–Trinajstić information content (AvgIpc) is 2.86. The average molecular weight is 272 g/mol. The summed E-state index contributed by atoms with van der Waals surface area (Å²) in [6, 6.07) is 14.1. The van der Waals surface area contributed by atoms with E-state index in [4.69, 9.17) is 0 Å². The molecule has 0 radical (unpaired) electrons. The molecular formula is C16H13FOS. The van der Waals surface area contributed by atoms with Crippen LogP contribution in [0, 0.1) is 5.82 Å². The minimum absolute atomic E-state index is 0.302.